The van der Waals surface area contributed by atoms with Crippen LogP contribution in [0.5, 0.6) is 0 Å². The lowest BCUT2D eigenvalue weighted by atomic mass is 9.98. The number of hydrogen-bond donors (Lipinski definition) is 1. The van der Waals surface area contributed by atoms with E-state index in [1.165, 1.54) is 35.8 Å². The molecule has 1 heterocycles. The van der Waals surface area contributed by atoms with Crippen LogP contribution < -0.4 is 5.73 Å². The third-order valence-electron chi connectivity index (χ3n) is 3.52. The van der Waals surface area contributed by atoms with E-state index >= 15 is 0 Å². The molecule has 1 atom stereocenters. The Morgan fingerprint density at radius 2 is 2.17 bits per heavy atom. The molecule has 0 radical (unpaired) electrons. The van der Waals surface area contributed by atoms with Gasteiger partial charge in [0.2, 0.25) is 0 Å². The van der Waals surface area contributed by atoms with Crippen molar-refractivity contribution in [3.05, 3.63) is 34.3 Å². The van der Waals surface area contributed by atoms with Gasteiger partial charge in [0.05, 0.1) is 0 Å². The van der Waals surface area contributed by atoms with E-state index in [0.29, 0.717) is 6.04 Å². The van der Waals surface area contributed by atoms with Crippen molar-refractivity contribution in [3.8, 4) is 0 Å². The number of benzene rings is 1. The molecule has 102 valence electrons. The van der Waals surface area contributed by atoms with Gasteiger partial charge in [0.25, 0.3) is 0 Å². The normalized spacial score (nSPS) is 20.4. The Kier molecular flexibility index (Phi) is 7.23. The van der Waals surface area contributed by atoms with Gasteiger partial charge in [0, 0.05) is 17.1 Å². The minimum atomic E-state index is 0. The average molecular weight is 334 g/mol. The van der Waals surface area contributed by atoms with Crippen molar-refractivity contribution in [1.82, 2.24) is 4.90 Å². The second-order valence-corrected chi connectivity index (χ2v) is 5.74. The van der Waals surface area contributed by atoms with Crippen molar-refractivity contribution >= 4 is 28.3 Å². The maximum absolute atomic E-state index is 5.70. The highest BCUT2D eigenvalue weighted by Gasteiger charge is 2.21. The van der Waals surface area contributed by atoms with Crippen LogP contribution in [0.4, 0.5) is 0 Å². The first-order valence-corrected chi connectivity index (χ1v) is 7.27. The predicted octanol–water partition coefficient (Wildman–Crippen LogP) is 3.57. The Labute approximate surface area is 124 Å². The van der Waals surface area contributed by atoms with Crippen molar-refractivity contribution in [2.45, 2.75) is 38.3 Å². The number of piperidine rings is 1. The van der Waals surface area contributed by atoms with Crippen LogP contribution in [0.1, 0.15) is 31.2 Å². The van der Waals surface area contributed by atoms with Gasteiger partial charge in [-0.25, -0.2) is 0 Å². The molecule has 1 aliphatic heterocycles. The van der Waals surface area contributed by atoms with E-state index in [9.17, 15) is 0 Å². The lowest BCUT2D eigenvalue weighted by molar-refractivity contribution is 0.134. The van der Waals surface area contributed by atoms with Gasteiger partial charge in [0.1, 0.15) is 0 Å². The monoisotopic (exact) mass is 332 g/mol. The van der Waals surface area contributed by atoms with Gasteiger partial charge in [-0.15, -0.1) is 12.4 Å². The first kappa shape index (κ1) is 16.0. The molecule has 0 aliphatic carbocycles. The molecule has 1 unspecified atom stereocenters. The maximum atomic E-state index is 5.70. The minimum absolute atomic E-state index is 0. The van der Waals surface area contributed by atoms with Gasteiger partial charge in [-0.1, -0.05) is 34.5 Å². The minimum Gasteiger partial charge on any atom is -0.330 e. The molecule has 0 spiro atoms. The van der Waals surface area contributed by atoms with Crippen molar-refractivity contribution < 1.29 is 0 Å². The summed E-state index contributed by atoms with van der Waals surface area (Å²) in [6.45, 7) is 3.08. The molecule has 1 aliphatic rings. The number of likely N-dealkylation sites (tertiary alicyclic amines) is 1. The Balaban J connectivity index is 0.00000162. The second kappa shape index (κ2) is 8.16. The average Bonchev–Trinajstić information content (AvgIpc) is 2.32. The van der Waals surface area contributed by atoms with E-state index in [4.69, 9.17) is 5.73 Å². The fraction of sp³-hybridized carbons (Fsp3) is 0.571. The quantitative estimate of drug-likeness (QED) is 0.912. The third-order valence-corrected chi connectivity index (χ3v) is 4.02. The summed E-state index contributed by atoms with van der Waals surface area (Å²) < 4.78 is 1.17. The van der Waals surface area contributed by atoms with E-state index in [-0.39, 0.29) is 12.4 Å². The molecule has 4 heteroatoms. The number of halogens is 2. The molecular weight excluding hydrogens is 312 g/mol. The smallest absolute Gasteiger partial charge is 0.0237 e. The fourth-order valence-corrected chi connectivity index (χ4v) is 3.10. The molecule has 1 aromatic carbocycles. The molecule has 1 fully saturated rings. The molecule has 0 aromatic heterocycles. The summed E-state index contributed by atoms with van der Waals surface area (Å²) in [5.41, 5.74) is 7.10. The van der Waals surface area contributed by atoms with Gasteiger partial charge in [-0.05, 0) is 50.0 Å². The van der Waals surface area contributed by atoms with Gasteiger partial charge in [-0.2, -0.15) is 0 Å². The van der Waals surface area contributed by atoms with Crippen molar-refractivity contribution in [3.63, 3.8) is 0 Å². The predicted molar refractivity (Wildman–Crippen MR) is 83.1 cm³/mol. The van der Waals surface area contributed by atoms with Crippen LogP contribution in [0, 0.1) is 0 Å². The van der Waals surface area contributed by atoms with Crippen LogP contribution >= 0.6 is 28.3 Å². The largest absolute Gasteiger partial charge is 0.330 e. The Bertz CT molecular complexity index is 357. The summed E-state index contributed by atoms with van der Waals surface area (Å²) >= 11 is 3.53. The molecular formula is C14H22BrClN2. The molecule has 18 heavy (non-hydrogen) atoms. The topological polar surface area (TPSA) is 29.3 Å². The Morgan fingerprint density at radius 1 is 1.33 bits per heavy atom. The van der Waals surface area contributed by atoms with Crippen LogP contribution in [-0.4, -0.2) is 24.0 Å². The summed E-state index contributed by atoms with van der Waals surface area (Å²) in [6.07, 6.45) is 5.13. The Hall–Kier alpha value is -0.0900. The highest BCUT2D eigenvalue weighted by Crippen LogP contribution is 2.22. The standard InChI is InChI=1S/C14H21BrN2.ClH/c15-13-5-3-4-12(10-13)11-17-9-2-1-6-14(17)7-8-16;/h3-5,10,14H,1-2,6-9,11,16H2;1H. The van der Waals surface area contributed by atoms with E-state index in [1.54, 1.807) is 0 Å². The van der Waals surface area contributed by atoms with Crippen LogP contribution in [0.2, 0.25) is 0 Å². The first-order valence-electron chi connectivity index (χ1n) is 6.48. The lowest BCUT2D eigenvalue weighted by Crippen LogP contribution is -2.40. The van der Waals surface area contributed by atoms with Crippen LogP contribution in [0.15, 0.2) is 28.7 Å². The third kappa shape index (κ3) is 4.54. The zero-order valence-corrected chi connectivity index (χ0v) is 13.0. The molecule has 2 nitrogen and oxygen atoms in total. The van der Waals surface area contributed by atoms with Crippen molar-refractivity contribution in [2.75, 3.05) is 13.1 Å². The summed E-state index contributed by atoms with van der Waals surface area (Å²) in [5, 5.41) is 0. The number of rotatable bonds is 4. The Morgan fingerprint density at radius 3 is 2.89 bits per heavy atom. The van der Waals surface area contributed by atoms with E-state index in [1.807, 2.05) is 0 Å². The summed E-state index contributed by atoms with van der Waals surface area (Å²) in [6, 6.07) is 9.30. The van der Waals surface area contributed by atoms with E-state index in [2.05, 4.69) is 45.1 Å². The molecule has 1 saturated heterocycles. The highest BCUT2D eigenvalue weighted by molar-refractivity contribution is 9.10. The van der Waals surface area contributed by atoms with Crippen LogP contribution in [0.3, 0.4) is 0 Å². The number of hydrogen-bond acceptors (Lipinski definition) is 2. The van der Waals surface area contributed by atoms with Crippen LogP contribution in [0.25, 0.3) is 0 Å². The summed E-state index contributed by atoms with van der Waals surface area (Å²) in [4.78, 5) is 2.60. The molecule has 0 bridgehead atoms. The highest BCUT2D eigenvalue weighted by atomic mass is 79.9. The number of nitrogens with two attached hydrogens (primary N) is 1. The number of nitrogens with zero attached hydrogens (tertiary/aromatic N) is 1. The van der Waals surface area contributed by atoms with Gasteiger partial charge in [0.15, 0.2) is 0 Å². The molecule has 0 amide bonds. The SMILES string of the molecule is Cl.NCCC1CCCCN1Cc1cccc(Br)c1. The first-order chi connectivity index (χ1) is 8.29. The molecule has 2 rings (SSSR count). The zero-order chi connectivity index (χ0) is 12.1. The fourth-order valence-electron chi connectivity index (χ4n) is 2.66. The van der Waals surface area contributed by atoms with Gasteiger partial charge >= 0.3 is 0 Å². The van der Waals surface area contributed by atoms with Crippen molar-refractivity contribution in [2.24, 2.45) is 5.73 Å². The van der Waals surface area contributed by atoms with Gasteiger partial charge in [-0.3, -0.25) is 4.90 Å². The zero-order valence-electron chi connectivity index (χ0n) is 10.6. The van der Waals surface area contributed by atoms with Crippen molar-refractivity contribution in [1.29, 1.82) is 0 Å². The van der Waals surface area contributed by atoms with E-state index < -0.39 is 0 Å². The lowest BCUT2D eigenvalue weighted by Gasteiger charge is -2.35. The summed E-state index contributed by atoms with van der Waals surface area (Å²) in [5.74, 6) is 0. The molecule has 0 saturated carbocycles. The summed E-state index contributed by atoms with van der Waals surface area (Å²) in [7, 11) is 0. The van der Waals surface area contributed by atoms with E-state index in [0.717, 1.165) is 19.5 Å². The second-order valence-electron chi connectivity index (χ2n) is 4.83. The molecule has 1 aromatic rings. The van der Waals surface area contributed by atoms with Gasteiger partial charge < -0.3 is 5.73 Å². The molecule has 2 N–H and O–H groups in total. The van der Waals surface area contributed by atoms with Crippen LogP contribution in [-0.2, 0) is 6.54 Å². The maximum Gasteiger partial charge on any atom is 0.0237 e.